The molecule has 2 aromatic rings. The molecular formula is C16H25N5. The van der Waals surface area contributed by atoms with E-state index in [9.17, 15) is 0 Å². The second-order valence-corrected chi connectivity index (χ2v) is 6.12. The van der Waals surface area contributed by atoms with E-state index in [0.717, 1.165) is 57.2 Å². The lowest BCUT2D eigenvalue weighted by molar-refractivity contribution is 0.115. The fourth-order valence-electron chi connectivity index (χ4n) is 2.94. The van der Waals surface area contributed by atoms with E-state index < -0.39 is 0 Å². The highest BCUT2D eigenvalue weighted by atomic mass is 15.3. The summed E-state index contributed by atoms with van der Waals surface area (Å²) in [5.74, 6) is 0.593. The monoisotopic (exact) mass is 287 g/mol. The minimum absolute atomic E-state index is 0.593. The summed E-state index contributed by atoms with van der Waals surface area (Å²) in [6.45, 7) is 9.58. The largest absolute Gasteiger partial charge is 0.330 e. The lowest BCUT2D eigenvalue weighted by atomic mass is 10.1. The Morgan fingerprint density at radius 2 is 1.95 bits per heavy atom. The number of hydrogen-bond donors (Lipinski definition) is 1. The van der Waals surface area contributed by atoms with Crippen LogP contribution >= 0.6 is 0 Å². The number of nitrogens with two attached hydrogens (primary N) is 1. The molecule has 0 saturated carbocycles. The van der Waals surface area contributed by atoms with Crippen LogP contribution in [0.5, 0.6) is 0 Å². The predicted octanol–water partition coefficient (Wildman–Crippen LogP) is 1.05. The first-order valence-electron chi connectivity index (χ1n) is 7.82. The molecule has 114 valence electrons. The van der Waals surface area contributed by atoms with Crippen molar-refractivity contribution in [3.8, 4) is 0 Å². The highest BCUT2D eigenvalue weighted by molar-refractivity contribution is 5.39. The smallest absolute Gasteiger partial charge is 0.137 e. The van der Waals surface area contributed by atoms with Crippen LogP contribution in [0.15, 0.2) is 30.6 Å². The van der Waals surface area contributed by atoms with Gasteiger partial charge in [0.25, 0.3) is 0 Å². The molecule has 2 N–H and O–H groups in total. The summed E-state index contributed by atoms with van der Waals surface area (Å²) in [4.78, 5) is 9.70. The van der Waals surface area contributed by atoms with Crippen LogP contribution in [-0.4, -0.2) is 58.5 Å². The third-order valence-corrected chi connectivity index (χ3v) is 4.24. The van der Waals surface area contributed by atoms with Gasteiger partial charge in [-0.3, -0.25) is 4.90 Å². The van der Waals surface area contributed by atoms with Crippen molar-refractivity contribution >= 4 is 5.65 Å². The summed E-state index contributed by atoms with van der Waals surface area (Å²) in [7, 11) is 0. The van der Waals surface area contributed by atoms with Crippen molar-refractivity contribution in [3.63, 3.8) is 0 Å². The van der Waals surface area contributed by atoms with Gasteiger partial charge in [0, 0.05) is 51.7 Å². The number of nitrogens with zero attached hydrogens (tertiary/aromatic N) is 4. The molecule has 1 fully saturated rings. The fraction of sp³-hybridized carbons (Fsp3) is 0.562. The molecule has 5 heteroatoms. The van der Waals surface area contributed by atoms with Crippen LogP contribution in [0.4, 0.5) is 0 Å². The molecule has 1 aliphatic rings. The average Bonchev–Trinajstić information content (AvgIpc) is 2.91. The Morgan fingerprint density at radius 3 is 2.67 bits per heavy atom. The van der Waals surface area contributed by atoms with Gasteiger partial charge in [0.05, 0.1) is 5.69 Å². The van der Waals surface area contributed by atoms with Crippen LogP contribution < -0.4 is 5.73 Å². The summed E-state index contributed by atoms with van der Waals surface area (Å²) in [6.07, 6.45) is 4.19. The van der Waals surface area contributed by atoms with Crippen molar-refractivity contribution in [2.24, 2.45) is 11.7 Å². The van der Waals surface area contributed by atoms with Crippen molar-refractivity contribution in [2.75, 3.05) is 39.3 Å². The van der Waals surface area contributed by atoms with Gasteiger partial charge in [-0.15, -0.1) is 0 Å². The summed E-state index contributed by atoms with van der Waals surface area (Å²) in [5.41, 5.74) is 7.90. The molecule has 1 atom stereocenters. The van der Waals surface area contributed by atoms with E-state index in [0.29, 0.717) is 5.92 Å². The van der Waals surface area contributed by atoms with E-state index in [1.807, 2.05) is 12.1 Å². The molecule has 1 saturated heterocycles. The summed E-state index contributed by atoms with van der Waals surface area (Å²) in [6, 6.07) is 6.12. The number of rotatable bonds is 5. The molecule has 0 radical (unpaired) electrons. The van der Waals surface area contributed by atoms with Gasteiger partial charge in [0.15, 0.2) is 0 Å². The zero-order chi connectivity index (χ0) is 14.7. The number of imidazole rings is 1. The molecule has 1 unspecified atom stereocenters. The van der Waals surface area contributed by atoms with E-state index >= 15 is 0 Å². The van der Waals surface area contributed by atoms with Gasteiger partial charge in [0.2, 0.25) is 0 Å². The van der Waals surface area contributed by atoms with Crippen LogP contribution in [0.25, 0.3) is 5.65 Å². The maximum Gasteiger partial charge on any atom is 0.137 e. The van der Waals surface area contributed by atoms with Gasteiger partial charge in [-0.2, -0.15) is 0 Å². The lowest BCUT2D eigenvalue weighted by Gasteiger charge is -2.35. The second kappa shape index (κ2) is 6.56. The van der Waals surface area contributed by atoms with E-state index in [2.05, 4.69) is 44.6 Å². The number of piperazine rings is 1. The summed E-state index contributed by atoms with van der Waals surface area (Å²) < 4.78 is 2.09. The van der Waals surface area contributed by atoms with E-state index in [1.165, 1.54) is 0 Å². The molecule has 0 aromatic carbocycles. The molecule has 1 aliphatic heterocycles. The maximum atomic E-state index is 5.71. The Bertz CT molecular complexity index is 538. The van der Waals surface area contributed by atoms with Gasteiger partial charge in [0.1, 0.15) is 5.65 Å². The molecule has 21 heavy (non-hydrogen) atoms. The van der Waals surface area contributed by atoms with Gasteiger partial charge < -0.3 is 15.0 Å². The van der Waals surface area contributed by atoms with Crippen LogP contribution in [0, 0.1) is 5.92 Å². The normalized spacial score (nSPS) is 19.1. The molecule has 0 spiro atoms. The standard InChI is InChI=1S/C16H25N5/c1-14(10-17)11-19-6-8-20(9-7-19)12-15-13-21-5-3-2-4-16(21)18-15/h2-5,13-14H,6-12,17H2,1H3. The molecule has 0 amide bonds. The Hall–Kier alpha value is -1.43. The highest BCUT2D eigenvalue weighted by Gasteiger charge is 2.18. The first-order valence-corrected chi connectivity index (χ1v) is 7.82. The molecule has 0 bridgehead atoms. The van der Waals surface area contributed by atoms with Gasteiger partial charge in [-0.1, -0.05) is 13.0 Å². The predicted molar refractivity (Wildman–Crippen MR) is 85.1 cm³/mol. The van der Waals surface area contributed by atoms with Crippen LogP contribution in [0.3, 0.4) is 0 Å². The van der Waals surface area contributed by atoms with Gasteiger partial charge >= 0.3 is 0 Å². The quantitative estimate of drug-likeness (QED) is 0.893. The Balaban J connectivity index is 1.53. The van der Waals surface area contributed by atoms with E-state index in [1.54, 1.807) is 0 Å². The van der Waals surface area contributed by atoms with Gasteiger partial charge in [-0.05, 0) is 24.6 Å². The first kappa shape index (κ1) is 14.5. The molecule has 2 aromatic heterocycles. The molecule has 3 heterocycles. The van der Waals surface area contributed by atoms with Crippen molar-refractivity contribution in [3.05, 3.63) is 36.3 Å². The zero-order valence-electron chi connectivity index (χ0n) is 12.8. The Labute approximate surface area is 126 Å². The molecule has 5 nitrogen and oxygen atoms in total. The van der Waals surface area contributed by atoms with Crippen LogP contribution in [-0.2, 0) is 6.54 Å². The minimum atomic E-state index is 0.593. The van der Waals surface area contributed by atoms with Crippen molar-refractivity contribution in [1.29, 1.82) is 0 Å². The molecule has 0 aliphatic carbocycles. The van der Waals surface area contributed by atoms with Crippen LogP contribution in [0.2, 0.25) is 0 Å². The average molecular weight is 287 g/mol. The first-order chi connectivity index (χ1) is 10.2. The zero-order valence-corrected chi connectivity index (χ0v) is 12.8. The number of fused-ring (bicyclic) bond motifs is 1. The SMILES string of the molecule is CC(CN)CN1CCN(Cc2cn3ccccc3n2)CC1. The van der Waals surface area contributed by atoms with Crippen molar-refractivity contribution < 1.29 is 0 Å². The number of hydrogen-bond acceptors (Lipinski definition) is 4. The summed E-state index contributed by atoms with van der Waals surface area (Å²) >= 11 is 0. The Kier molecular flexibility index (Phi) is 4.53. The Morgan fingerprint density at radius 1 is 1.19 bits per heavy atom. The minimum Gasteiger partial charge on any atom is -0.330 e. The number of pyridine rings is 1. The highest BCUT2D eigenvalue weighted by Crippen LogP contribution is 2.10. The van der Waals surface area contributed by atoms with Crippen molar-refractivity contribution in [1.82, 2.24) is 19.2 Å². The van der Waals surface area contributed by atoms with Crippen LogP contribution in [0.1, 0.15) is 12.6 Å². The summed E-state index contributed by atoms with van der Waals surface area (Å²) in [5, 5.41) is 0. The fourth-order valence-corrected chi connectivity index (χ4v) is 2.94. The molecule has 3 rings (SSSR count). The number of aromatic nitrogens is 2. The lowest BCUT2D eigenvalue weighted by Crippen LogP contribution is -2.47. The van der Waals surface area contributed by atoms with E-state index in [4.69, 9.17) is 5.73 Å². The molecular weight excluding hydrogens is 262 g/mol. The van der Waals surface area contributed by atoms with Gasteiger partial charge in [-0.25, -0.2) is 4.98 Å². The third kappa shape index (κ3) is 3.61. The maximum absolute atomic E-state index is 5.71. The second-order valence-electron chi connectivity index (χ2n) is 6.12. The topological polar surface area (TPSA) is 49.8 Å². The third-order valence-electron chi connectivity index (χ3n) is 4.24. The van der Waals surface area contributed by atoms with Crippen molar-refractivity contribution in [2.45, 2.75) is 13.5 Å². The van der Waals surface area contributed by atoms with E-state index in [-0.39, 0.29) is 0 Å².